The molecule has 1 unspecified atom stereocenters. The van der Waals surface area contributed by atoms with E-state index in [2.05, 4.69) is 23.0 Å². The second kappa shape index (κ2) is 7.70. The number of nitrogens with one attached hydrogen (secondary N) is 2. The van der Waals surface area contributed by atoms with Crippen molar-refractivity contribution in [2.24, 2.45) is 5.41 Å². The molecule has 31 heavy (non-hydrogen) atoms. The van der Waals surface area contributed by atoms with Gasteiger partial charge in [-0.1, -0.05) is 49.4 Å². The molecular weight excluding hydrogens is 408 g/mol. The van der Waals surface area contributed by atoms with Gasteiger partial charge in [0.25, 0.3) is 10.0 Å². The van der Waals surface area contributed by atoms with E-state index in [1.165, 1.54) is 0 Å². The van der Waals surface area contributed by atoms with Crippen molar-refractivity contribution in [3.05, 3.63) is 72.3 Å². The highest BCUT2D eigenvalue weighted by atomic mass is 32.2. The van der Waals surface area contributed by atoms with Gasteiger partial charge in [0.2, 0.25) is 0 Å². The van der Waals surface area contributed by atoms with Gasteiger partial charge in [-0.2, -0.15) is 0 Å². The zero-order chi connectivity index (χ0) is 21.5. The van der Waals surface area contributed by atoms with Crippen molar-refractivity contribution in [3.8, 4) is 5.75 Å². The van der Waals surface area contributed by atoms with E-state index >= 15 is 0 Å². The molecule has 0 aliphatic carbocycles. The normalized spacial score (nSPS) is 20.1. The Labute approximate surface area is 183 Å². The van der Waals surface area contributed by atoms with Crippen LogP contribution in [0.2, 0.25) is 0 Å². The first kappa shape index (κ1) is 20.1. The Bertz CT molecular complexity index is 1260. The summed E-state index contributed by atoms with van der Waals surface area (Å²) in [5.41, 5.74) is 1.51. The van der Waals surface area contributed by atoms with Crippen molar-refractivity contribution in [3.63, 3.8) is 0 Å². The Morgan fingerprint density at radius 2 is 1.81 bits per heavy atom. The second-order valence-electron chi connectivity index (χ2n) is 8.64. The van der Waals surface area contributed by atoms with Crippen LogP contribution in [0.4, 0.5) is 5.69 Å². The Hall–Kier alpha value is -2.83. The third-order valence-electron chi connectivity index (χ3n) is 6.44. The smallest absolute Gasteiger partial charge is 0.262 e. The lowest BCUT2D eigenvalue weighted by Crippen LogP contribution is -2.44. The second-order valence-corrected chi connectivity index (χ2v) is 10.3. The van der Waals surface area contributed by atoms with E-state index in [1.54, 1.807) is 18.2 Å². The van der Waals surface area contributed by atoms with Gasteiger partial charge in [-0.25, -0.2) is 8.42 Å². The Morgan fingerprint density at radius 3 is 2.65 bits per heavy atom. The number of fused-ring (bicyclic) bond motifs is 2. The van der Waals surface area contributed by atoms with Gasteiger partial charge in [-0.05, 0) is 61.7 Å². The molecule has 5 rings (SSSR count). The minimum Gasteiger partial charge on any atom is -0.485 e. The van der Waals surface area contributed by atoms with Gasteiger partial charge < -0.3 is 10.1 Å². The van der Waals surface area contributed by atoms with Crippen LogP contribution in [-0.4, -0.2) is 27.6 Å². The van der Waals surface area contributed by atoms with Crippen molar-refractivity contribution in [2.75, 3.05) is 17.8 Å². The summed E-state index contributed by atoms with van der Waals surface area (Å²) in [6.07, 6.45) is 6.32. The van der Waals surface area contributed by atoms with E-state index in [0.29, 0.717) is 11.1 Å². The number of sulfonamides is 1. The van der Waals surface area contributed by atoms with Crippen molar-refractivity contribution in [1.29, 1.82) is 0 Å². The lowest BCUT2D eigenvalue weighted by molar-refractivity contribution is 0.0665. The highest BCUT2D eigenvalue weighted by molar-refractivity contribution is 7.93. The first-order valence-corrected chi connectivity index (χ1v) is 12.1. The highest BCUT2D eigenvalue weighted by Gasteiger charge is 2.37. The summed E-state index contributed by atoms with van der Waals surface area (Å²) < 4.78 is 35.3. The lowest BCUT2D eigenvalue weighted by Gasteiger charge is -2.40. The average molecular weight is 435 g/mol. The molecule has 1 fully saturated rings. The van der Waals surface area contributed by atoms with E-state index in [9.17, 15) is 8.42 Å². The molecular formula is C25H26N2O3S. The van der Waals surface area contributed by atoms with E-state index in [0.717, 1.165) is 42.6 Å². The largest absolute Gasteiger partial charge is 0.485 e. The maximum atomic E-state index is 13.1. The van der Waals surface area contributed by atoms with Crippen LogP contribution in [0.3, 0.4) is 0 Å². The van der Waals surface area contributed by atoms with Crippen molar-refractivity contribution >= 4 is 32.6 Å². The molecule has 0 saturated carbocycles. The van der Waals surface area contributed by atoms with E-state index in [-0.39, 0.29) is 16.4 Å². The molecule has 2 aliphatic rings. The van der Waals surface area contributed by atoms with Gasteiger partial charge in [0.15, 0.2) is 0 Å². The van der Waals surface area contributed by atoms with Gasteiger partial charge in [0, 0.05) is 22.1 Å². The summed E-state index contributed by atoms with van der Waals surface area (Å²) in [5.74, 6) is 0.792. The van der Waals surface area contributed by atoms with Crippen LogP contribution in [0.25, 0.3) is 16.8 Å². The third kappa shape index (κ3) is 3.82. The third-order valence-corrected chi connectivity index (χ3v) is 7.88. The van der Waals surface area contributed by atoms with Crippen LogP contribution in [0, 0.1) is 5.41 Å². The first-order chi connectivity index (χ1) is 14.9. The molecule has 1 saturated heterocycles. The molecule has 2 heterocycles. The zero-order valence-electron chi connectivity index (χ0n) is 17.5. The topological polar surface area (TPSA) is 67.4 Å². The van der Waals surface area contributed by atoms with Gasteiger partial charge in [-0.3, -0.25) is 4.72 Å². The molecule has 3 aromatic carbocycles. The fourth-order valence-corrected chi connectivity index (χ4v) is 5.79. The summed E-state index contributed by atoms with van der Waals surface area (Å²) in [6, 6.07) is 18.3. The molecule has 5 nitrogen and oxygen atoms in total. The number of rotatable bonds is 4. The number of anilines is 1. The number of benzene rings is 3. The molecule has 0 aromatic heterocycles. The van der Waals surface area contributed by atoms with Crippen molar-refractivity contribution in [1.82, 2.24) is 5.32 Å². The van der Waals surface area contributed by atoms with Gasteiger partial charge >= 0.3 is 0 Å². The zero-order valence-corrected chi connectivity index (χ0v) is 18.3. The molecule has 0 amide bonds. The van der Waals surface area contributed by atoms with Gasteiger partial charge in [0.1, 0.15) is 11.9 Å². The number of piperidine rings is 1. The van der Waals surface area contributed by atoms with E-state index in [4.69, 9.17) is 4.74 Å². The number of hydrogen-bond donors (Lipinski definition) is 2. The summed E-state index contributed by atoms with van der Waals surface area (Å²) in [7, 11) is -3.73. The van der Waals surface area contributed by atoms with Crippen LogP contribution >= 0.6 is 0 Å². The molecule has 1 atom stereocenters. The van der Waals surface area contributed by atoms with E-state index < -0.39 is 10.0 Å². The van der Waals surface area contributed by atoms with Crippen LogP contribution in [0.1, 0.15) is 25.3 Å². The Morgan fingerprint density at radius 1 is 1.03 bits per heavy atom. The first-order valence-electron chi connectivity index (χ1n) is 10.6. The van der Waals surface area contributed by atoms with E-state index in [1.807, 2.05) is 48.5 Å². The summed E-state index contributed by atoms with van der Waals surface area (Å²) >= 11 is 0. The van der Waals surface area contributed by atoms with Crippen LogP contribution in [0.5, 0.6) is 5.75 Å². The minimum absolute atomic E-state index is 0.0281. The van der Waals surface area contributed by atoms with Gasteiger partial charge in [-0.15, -0.1) is 0 Å². The molecule has 0 radical (unpaired) electrons. The molecule has 160 valence electrons. The summed E-state index contributed by atoms with van der Waals surface area (Å²) in [5, 5.41) is 5.01. The lowest BCUT2D eigenvalue weighted by atomic mass is 9.75. The fraction of sp³-hybridized carbons (Fsp3) is 0.280. The Kier molecular flexibility index (Phi) is 4.99. The Balaban J connectivity index is 1.40. The fourth-order valence-electron chi connectivity index (χ4n) is 4.51. The standard InChI is InChI=1S/C25H26N2O3S/c1-25(13-15-26-16-14-25)24-12-9-19-17-20(10-11-22(19)30-24)27-31(28,29)23-8-4-6-18-5-2-3-7-21(18)23/h2-12,17,24,26-27H,13-16H2,1H3. The van der Waals surface area contributed by atoms with Crippen molar-refractivity contribution in [2.45, 2.75) is 30.8 Å². The summed E-state index contributed by atoms with van der Waals surface area (Å²) in [6.45, 7) is 4.29. The molecule has 3 aromatic rings. The molecule has 2 N–H and O–H groups in total. The maximum Gasteiger partial charge on any atom is 0.262 e. The number of hydrogen-bond acceptors (Lipinski definition) is 4. The van der Waals surface area contributed by atoms with Gasteiger partial charge in [0.05, 0.1) is 4.90 Å². The van der Waals surface area contributed by atoms with Crippen LogP contribution in [-0.2, 0) is 10.0 Å². The minimum atomic E-state index is -3.73. The summed E-state index contributed by atoms with van der Waals surface area (Å²) in [4.78, 5) is 0.272. The molecule has 0 spiro atoms. The van der Waals surface area contributed by atoms with Crippen molar-refractivity contribution < 1.29 is 13.2 Å². The molecule has 0 bridgehead atoms. The predicted molar refractivity (Wildman–Crippen MR) is 125 cm³/mol. The predicted octanol–water partition coefficient (Wildman–Crippen LogP) is 4.80. The average Bonchev–Trinajstić information content (AvgIpc) is 2.78. The molecule has 6 heteroatoms. The quantitative estimate of drug-likeness (QED) is 0.619. The SMILES string of the molecule is CC1(C2C=Cc3cc(NS(=O)(=O)c4cccc5ccccc45)ccc3O2)CCNCC1. The highest BCUT2D eigenvalue weighted by Crippen LogP contribution is 2.40. The number of ether oxygens (including phenoxy) is 1. The maximum absolute atomic E-state index is 13.1. The molecule has 2 aliphatic heterocycles. The van der Waals surface area contributed by atoms with Crippen LogP contribution in [0.15, 0.2) is 71.6 Å². The van der Waals surface area contributed by atoms with Crippen LogP contribution < -0.4 is 14.8 Å². The monoisotopic (exact) mass is 434 g/mol.